The molecule has 0 atom stereocenters. The van der Waals surface area contributed by atoms with Crippen LogP contribution < -0.4 is 16.1 Å². The summed E-state index contributed by atoms with van der Waals surface area (Å²) in [7, 11) is 0. The molecule has 0 aliphatic carbocycles. The number of rotatable bonds is 2. The lowest BCUT2D eigenvalue weighted by atomic mass is 10.2. The van der Waals surface area contributed by atoms with Gasteiger partial charge < -0.3 is 9.82 Å². The van der Waals surface area contributed by atoms with Crippen LogP contribution in [0.3, 0.4) is 0 Å². The van der Waals surface area contributed by atoms with Crippen molar-refractivity contribution in [3.8, 4) is 5.75 Å². The minimum Gasteiger partial charge on any atom is -0.367 e. The zero-order chi connectivity index (χ0) is 13.4. The fourth-order valence-electron chi connectivity index (χ4n) is 1.74. The fraction of sp³-hybridized carbons (Fsp3) is 0.0833. The molecule has 3 aromatic rings. The van der Waals surface area contributed by atoms with Gasteiger partial charge in [0.1, 0.15) is 0 Å². The maximum Gasteiger partial charge on any atom is 0.364 e. The SMILES string of the molecule is Cc1ccccc1On1c(=O)[nH]c2nc[nH]c2c1=O. The van der Waals surface area contributed by atoms with Crippen molar-refractivity contribution >= 4 is 11.2 Å². The van der Waals surface area contributed by atoms with Gasteiger partial charge in [0.2, 0.25) is 0 Å². The first-order chi connectivity index (χ1) is 9.16. The lowest BCUT2D eigenvalue weighted by molar-refractivity contribution is 0.190. The normalized spacial score (nSPS) is 10.8. The number of fused-ring (bicyclic) bond motifs is 1. The Morgan fingerprint density at radius 1 is 1.26 bits per heavy atom. The highest BCUT2D eigenvalue weighted by Crippen LogP contribution is 2.15. The Kier molecular flexibility index (Phi) is 2.45. The highest BCUT2D eigenvalue weighted by Gasteiger charge is 2.11. The third-order valence-electron chi connectivity index (χ3n) is 2.73. The van der Waals surface area contributed by atoms with E-state index in [1.165, 1.54) is 6.33 Å². The number of aryl methyl sites for hydroxylation is 1. The second-order valence-corrected chi connectivity index (χ2v) is 4.01. The second-order valence-electron chi connectivity index (χ2n) is 4.01. The lowest BCUT2D eigenvalue weighted by Crippen LogP contribution is -2.38. The number of aromatic nitrogens is 4. The van der Waals surface area contributed by atoms with Gasteiger partial charge in [0.15, 0.2) is 16.9 Å². The van der Waals surface area contributed by atoms with Crippen molar-refractivity contribution in [2.45, 2.75) is 6.92 Å². The Bertz CT molecular complexity index is 859. The maximum atomic E-state index is 12.1. The Morgan fingerprint density at radius 2 is 2.05 bits per heavy atom. The van der Waals surface area contributed by atoms with Gasteiger partial charge in [0, 0.05) is 0 Å². The highest BCUT2D eigenvalue weighted by atomic mass is 16.7. The molecule has 19 heavy (non-hydrogen) atoms. The summed E-state index contributed by atoms with van der Waals surface area (Å²) in [6, 6.07) is 7.10. The number of nitrogens with zero attached hydrogens (tertiary/aromatic N) is 2. The molecule has 2 heterocycles. The molecule has 2 aromatic heterocycles. The van der Waals surface area contributed by atoms with E-state index in [0.717, 1.165) is 5.56 Å². The summed E-state index contributed by atoms with van der Waals surface area (Å²) in [5.41, 5.74) is -0.0429. The number of imidazole rings is 1. The molecule has 0 aliphatic rings. The van der Waals surface area contributed by atoms with E-state index in [1.807, 2.05) is 19.1 Å². The molecule has 1 aromatic carbocycles. The quantitative estimate of drug-likeness (QED) is 0.702. The van der Waals surface area contributed by atoms with E-state index in [0.29, 0.717) is 10.5 Å². The predicted molar refractivity (Wildman–Crippen MR) is 68.2 cm³/mol. The molecule has 2 N–H and O–H groups in total. The van der Waals surface area contributed by atoms with Crippen LogP contribution in [0.4, 0.5) is 0 Å². The van der Waals surface area contributed by atoms with Crippen LogP contribution in [0.25, 0.3) is 11.2 Å². The van der Waals surface area contributed by atoms with Crippen molar-refractivity contribution in [1.29, 1.82) is 0 Å². The van der Waals surface area contributed by atoms with E-state index in [9.17, 15) is 9.59 Å². The molecule has 7 nitrogen and oxygen atoms in total. The molecule has 0 fully saturated rings. The van der Waals surface area contributed by atoms with E-state index < -0.39 is 11.2 Å². The predicted octanol–water partition coefficient (Wildman–Crippen LogP) is 0.563. The summed E-state index contributed by atoms with van der Waals surface area (Å²) >= 11 is 0. The van der Waals surface area contributed by atoms with Crippen molar-refractivity contribution in [3.05, 3.63) is 57.0 Å². The Balaban J connectivity index is 2.18. The lowest BCUT2D eigenvalue weighted by Gasteiger charge is -2.08. The third-order valence-corrected chi connectivity index (χ3v) is 2.73. The van der Waals surface area contributed by atoms with Crippen molar-refractivity contribution in [3.63, 3.8) is 0 Å². The third kappa shape index (κ3) is 1.81. The fourth-order valence-corrected chi connectivity index (χ4v) is 1.74. The van der Waals surface area contributed by atoms with Crippen molar-refractivity contribution in [1.82, 2.24) is 19.7 Å². The largest absolute Gasteiger partial charge is 0.367 e. The molecule has 7 heteroatoms. The molecule has 0 radical (unpaired) electrons. The van der Waals surface area contributed by atoms with E-state index in [-0.39, 0.29) is 11.2 Å². The molecule has 0 amide bonds. The molecule has 0 aliphatic heterocycles. The summed E-state index contributed by atoms with van der Waals surface area (Å²) in [6.07, 6.45) is 1.33. The zero-order valence-corrected chi connectivity index (χ0v) is 10.0. The van der Waals surface area contributed by atoms with E-state index in [1.54, 1.807) is 12.1 Å². The zero-order valence-electron chi connectivity index (χ0n) is 10.0. The molecule has 0 saturated carbocycles. The van der Waals surface area contributed by atoms with Gasteiger partial charge in [-0.25, -0.2) is 9.78 Å². The summed E-state index contributed by atoms with van der Waals surface area (Å²) in [4.78, 5) is 38.2. The standard InChI is InChI=1S/C12H10N4O3/c1-7-4-2-3-5-8(7)19-16-11(17)9-10(14-6-13-9)15-12(16)18/h2-6H,1H3,(H,13,14)(H,15,18). The Hall–Kier alpha value is -2.83. The van der Waals surface area contributed by atoms with E-state index in [2.05, 4.69) is 15.0 Å². The first kappa shape index (κ1) is 11.3. The molecule has 96 valence electrons. The summed E-state index contributed by atoms with van der Waals surface area (Å²) in [5, 5.41) is 0. The Labute approximate surface area is 106 Å². The van der Waals surface area contributed by atoms with E-state index in [4.69, 9.17) is 4.84 Å². The van der Waals surface area contributed by atoms with Gasteiger partial charge in [-0.2, -0.15) is 0 Å². The number of para-hydroxylation sites is 1. The number of hydrogen-bond acceptors (Lipinski definition) is 4. The van der Waals surface area contributed by atoms with Gasteiger partial charge in [0.05, 0.1) is 6.33 Å². The van der Waals surface area contributed by atoms with Crippen LogP contribution in [0.5, 0.6) is 5.75 Å². The minimum absolute atomic E-state index is 0.188. The highest BCUT2D eigenvalue weighted by molar-refractivity contribution is 5.67. The van der Waals surface area contributed by atoms with Crippen molar-refractivity contribution in [2.24, 2.45) is 0 Å². The average molecular weight is 258 g/mol. The first-order valence-electron chi connectivity index (χ1n) is 5.59. The molecule has 3 rings (SSSR count). The molecular weight excluding hydrogens is 248 g/mol. The topological polar surface area (TPSA) is 92.8 Å². The van der Waals surface area contributed by atoms with Gasteiger partial charge in [-0.05, 0) is 18.6 Å². The average Bonchev–Trinajstić information content (AvgIpc) is 2.84. The maximum absolute atomic E-state index is 12.1. The van der Waals surface area contributed by atoms with Crippen molar-refractivity contribution < 1.29 is 4.84 Å². The summed E-state index contributed by atoms with van der Waals surface area (Å²) in [6.45, 7) is 1.82. The van der Waals surface area contributed by atoms with Crippen molar-refractivity contribution in [2.75, 3.05) is 0 Å². The van der Waals surface area contributed by atoms with E-state index >= 15 is 0 Å². The van der Waals surface area contributed by atoms with Crippen LogP contribution in [0.15, 0.2) is 40.2 Å². The molecule has 0 spiro atoms. The van der Waals surface area contributed by atoms with Crippen LogP contribution >= 0.6 is 0 Å². The van der Waals surface area contributed by atoms with Crippen LogP contribution in [0, 0.1) is 6.92 Å². The van der Waals surface area contributed by atoms with Gasteiger partial charge in [0.25, 0.3) is 0 Å². The summed E-state index contributed by atoms with van der Waals surface area (Å²) in [5.74, 6) is 0.439. The van der Waals surface area contributed by atoms with Gasteiger partial charge in [-0.1, -0.05) is 22.9 Å². The van der Waals surface area contributed by atoms with Crippen LogP contribution in [0.1, 0.15) is 5.56 Å². The van der Waals surface area contributed by atoms with Gasteiger partial charge in [-0.15, -0.1) is 0 Å². The number of hydrogen-bond donors (Lipinski definition) is 2. The van der Waals surface area contributed by atoms with Crippen LogP contribution in [-0.4, -0.2) is 19.7 Å². The summed E-state index contributed by atoms with van der Waals surface area (Å²) < 4.78 is 0.669. The molecule has 0 bridgehead atoms. The monoisotopic (exact) mass is 258 g/mol. The second kappa shape index (κ2) is 4.13. The van der Waals surface area contributed by atoms with Gasteiger partial charge in [-0.3, -0.25) is 9.78 Å². The first-order valence-corrected chi connectivity index (χ1v) is 5.59. The molecule has 0 saturated heterocycles. The number of benzene rings is 1. The van der Waals surface area contributed by atoms with Crippen LogP contribution in [0.2, 0.25) is 0 Å². The molecular formula is C12H10N4O3. The van der Waals surface area contributed by atoms with Gasteiger partial charge >= 0.3 is 11.2 Å². The van der Waals surface area contributed by atoms with Crippen LogP contribution in [-0.2, 0) is 0 Å². The minimum atomic E-state index is -0.673. The number of aromatic amines is 2. The number of H-pyrrole nitrogens is 2. The Morgan fingerprint density at radius 3 is 2.84 bits per heavy atom. The molecule has 0 unspecified atom stereocenters. The smallest absolute Gasteiger partial charge is 0.364 e. The number of nitrogens with one attached hydrogen (secondary N) is 2.